The Hall–Kier alpha value is -1.67. The van der Waals surface area contributed by atoms with Crippen LogP contribution in [0.25, 0.3) is 0 Å². The molecule has 1 saturated heterocycles. The van der Waals surface area contributed by atoms with Gasteiger partial charge < -0.3 is 9.47 Å². The highest BCUT2D eigenvalue weighted by molar-refractivity contribution is 7.89. The van der Waals surface area contributed by atoms with Crippen LogP contribution in [0.5, 0.6) is 5.75 Å². The number of nitrogens with one attached hydrogen (secondary N) is 1. The zero-order chi connectivity index (χ0) is 18.6. The lowest BCUT2D eigenvalue weighted by molar-refractivity contribution is 0.0564. The van der Waals surface area contributed by atoms with Crippen LogP contribution in [0.3, 0.4) is 0 Å². The summed E-state index contributed by atoms with van der Waals surface area (Å²) >= 11 is 6.01. The third kappa shape index (κ3) is 4.35. The summed E-state index contributed by atoms with van der Waals surface area (Å²) < 4.78 is 39.6. The van der Waals surface area contributed by atoms with Crippen molar-refractivity contribution < 1.29 is 17.9 Å². The molecule has 2 aromatic rings. The van der Waals surface area contributed by atoms with Crippen molar-refractivity contribution in [2.75, 3.05) is 20.3 Å². The molecule has 0 saturated carbocycles. The van der Waals surface area contributed by atoms with Crippen molar-refractivity contribution in [2.24, 2.45) is 5.92 Å². The predicted octanol–water partition coefficient (Wildman–Crippen LogP) is 3.19. The molecule has 3 rings (SSSR count). The summed E-state index contributed by atoms with van der Waals surface area (Å²) in [4.78, 5) is 4.16. The molecular formula is C18H21ClN2O4S. The lowest BCUT2D eigenvalue weighted by Crippen LogP contribution is -2.36. The molecule has 0 radical (unpaired) electrons. The van der Waals surface area contributed by atoms with E-state index in [1.807, 2.05) is 6.07 Å². The number of nitrogens with zero attached hydrogens (tertiary/aromatic N) is 1. The fraction of sp³-hybridized carbons (Fsp3) is 0.389. The monoisotopic (exact) mass is 396 g/mol. The maximum absolute atomic E-state index is 13.1. The zero-order valence-corrected chi connectivity index (χ0v) is 16.0. The quantitative estimate of drug-likeness (QED) is 0.811. The number of hydrogen-bond donors (Lipinski definition) is 1. The molecule has 1 fully saturated rings. The fourth-order valence-corrected chi connectivity index (χ4v) is 4.86. The number of methoxy groups -OCH3 is 1. The molecule has 1 aliphatic heterocycles. The van der Waals surface area contributed by atoms with E-state index >= 15 is 0 Å². The summed E-state index contributed by atoms with van der Waals surface area (Å²) in [5, 5.41) is 0.329. The first-order valence-corrected chi connectivity index (χ1v) is 10.2. The number of benzene rings is 1. The summed E-state index contributed by atoms with van der Waals surface area (Å²) in [5.74, 6) is 0.367. The second-order valence-corrected chi connectivity index (χ2v) is 8.25. The SMILES string of the molecule is COc1ccc(Cl)cc1S(=O)(=O)NC(c1cccnc1)C1CCOCC1. The van der Waals surface area contributed by atoms with E-state index in [1.165, 1.54) is 13.2 Å². The lowest BCUT2D eigenvalue weighted by atomic mass is 9.88. The van der Waals surface area contributed by atoms with E-state index in [-0.39, 0.29) is 16.6 Å². The number of aromatic nitrogens is 1. The van der Waals surface area contributed by atoms with Crippen LogP contribution in [-0.2, 0) is 14.8 Å². The zero-order valence-electron chi connectivity index (χ0n) is 14.4. The molecule has 1 unspecified atom stereocenters. The molecule has 2 heterocycles. The Morgan fingerprint density at radius 1 is 1.31 bits per heavy atom. The third-order valence-electron chi connectivity index (χ3n) is 4.48. The van der Waals surface area contributed by atoms with Crippen LogP contribution in [0.4, 0.5) is 0 Å². The Morgan fingerprint density at radius 3 is 2.73 bits per heavy atom. The van der Waals surface area contributed by atoms with Crippen molar-refractivity contribution in [1.29, 1.82) is 0 Å². The minimum atomic E-state index is -3.85. The molecule has 0 aliphatic carbocycles. The molecule has 0 bridgehead atoms. The smallest absolute Gasteiger partial charge is 0.244 e. The molecule has 26 heavy (non-hydrogen) atoms. The second-order valence-electron chi connectivity index (χ2n) is 6.13. The van der Waals surface area contributed by atoms with Crippen LogP contribution < -0.4 is 9.46 Å². The van der Waals surface area contributed by atoms with Crippen LogP contribution in [0.15, 0.2) is 47.6 Å². The van der Waals surface area contributed by atoms with Gasteiger partial charge in [0, 0.05) is 30.6 Å². The Labute approximate surface area is 158 Å². The van der Waals surface area contributed by atoms with E-state index in [1.54, 1.807) is 30.6 Å². The molecule has 1 aromatic heterocycles. The van der Waals surface area contributed by atoms with Crippen LogP contribution in [0, 0.1) is 5.92 Å². The maximum Gasteiger partial charge on any atom is 0.244 e. The average Bonchev–Trinajstić information content (AvgIpc) is 2.67. The number of ether oxygens (including phenoxy) is 2. The largest absolute Gasteiger partial charge is 0.495 e. The highest BCUT2D eigenvalue weighted by atomic mass is 35.5. The highest BCUT2D eigenvalue weighted by Gasteiger charge is 2.31. The van der Waals surface area contributed by atoms with E-state index in [2.05, 4.69) is 9.71 Å². The predicted molar refractivity (Wildman–Crippen MR) is 98.8 cm³/mol. The normalized spacial score (nSPS) is 17.0. The molecule has 0 amide bonds. The summed E-state index contributed by atoms with van der Waals surface area (Å²) in [5.41, 5.74) is 0.823. The minimum absolute atomic E-state index is 0.0217. The lowest BCUT2D eigenvalue weighted by Gasteiger charge is -2.31. The van der Waals surface area contributed by atoms with Crippen LogP contribution in [-0.4, -0.2) is 33.7 Å². The molecule has 8 heteroatoms. The van der Waals surface area contributed by atoms with Gasteiger partial charge in [0.25, 0.3) is 0 Å². The van der Waals surface area contributed by atoms with Gasteiger partial charge in [-0.2, -0.15) is 0 Å². The van der Waals surface area contributed by atoms with Crippen LogP contribution >= 0.6 is 11.6 Å². The number of rotatable bonds is 6. The van der Waals surface area contributed by atoms with Gasteiger partial charge in [-0.25, -0.2) is 13.1 Å². The Balaban J connectivity index is 1.96. The van der Waals surface area contributed by atoms with Crippen molar-refractivity contribution >= 4 is 21.6 Å². The van der Waals surface area contributed by atoms with E-state index in [0.717, 1.165) is 18.4 Å². The first-order valence-electron chi connectivity index (χ1n) is 8.35. The summed E-state index contributed by atoms with van der Waals surface area (Å²) in [6, 6.07) is 7.82. The fourth-order valence-electron chi connectivity index (χ4n) is 3.14. The summed E-state index contributed by atoms with van der Waals surface area (Å²) in [6.07, 6.45) is 4.90. The topological polar surface area (TPSA) is 77.5 Å². The molecule has 0 spiro atoms. The van der Waals surface area contributed by atoms with Crippen molar-refractivity contribution in [1.82, 2.24) is 9.71 Å². The molecule has 140 valence electrons. The minimum Gasteiger partial charge on any atom is -0.495 e. The second kappa shape index (κ2) is 8.35. The molecule has 1 N–H and O–H groups in total. The molecule has 1 atom stereocenters. The number of sulfonamides is 1. The first-order chi connectivity index (χ1) is 12.5. The van der Waals surface area contributed by atoms with E-state index < -0.39 is 16.1 Å². The van der Waals surface area contributed by atoms with Crippen molar-refractivity contribution in [3.05, 3.63) is 53.3 Å². The van der Waals surface area contributed by atoms with E-state index in [0.29, 0.717) is 18.2 Å². The van der Waals surface area contributed by atoms with Gasteiger partial charge >= 0.3 is 0 Å². The highest BCUT2D eigenvalue weighted by Crippen LogP contribution is 2.33. The van der Waals surface area contributed by atoms with Gasteiger partial charge in [-0.3, -0.25) is 4.98 Å². The summed E-state index contributed by atoms with van der Waals surface area (Å²) in [6.45, 7) is 1.23. The van der Waals surface area contributed by atoms with Gasteiger partial charge in [-0.05, 0) is 48.6 Å². The molecule has 1 aromatic carbocycles. The molecular weight excluding hydrogens is 376 g/mol. The molecule has 1 aliphatic rings. The van der Waals surface area contributed by atoms with E-state index in [9.17, 15) is 8.42 Å². The standard InChI is InChI=1S/C18H21ClN2O4S/c1-24-16-5-4-15(19)11-17(16)26(22,23)21-18(13-6-9-25-10-7-13)14-3-2-8-20-12-14/h2-5,8,11-13,18,21H,6-7,9-10H2,1H3. The van der Waals surface area contributed by atoms with Gasteiger partial charge in [-0.15, -0.1) is 0 Å². The van der Waals surface area contributed by atoms with Crippen molar-refractivity contribution in [2.45, 2.75) is 23.8 Å². The number of halogens is 1. The van der Waals surface area contributed by atoms with Gasteiger partial charge in [0.1, 0.15) is 10.6 Å². The number of pyridine rings is 1. The van der Waals surface area contributed by atoms with Crippen molar-refractivity contribution in [3.63, 3.8) is 0 Å². The Morgan fingerprint density at radius 2 is 2.08 bits per heavy atom. The maximum atomic E-state index is 13.1. The summed E-state index contributed by atoms with van der Waals surface area (Å²) in [7, 11) is -2.42. The van der Waals surface area contributed by atoms with Crippen LogP contribution in [0.1, 0.15) is 24.4 Å². The Kier molecular flexibility index (Phi) is 6.13. The number of hydrogen-bond acceptors (Lipinski definition) is 5. The Bertz CT molecular complexity index is 840. The van der Waals surface area contributed by atoms with Crippen molar-refractivity contribution in [3.8, 4) is 5.75 Å². The third-order valence-corrected chi connectivity index (χ3v) is 6.18. The van der Waals surface area contributed by atoms with Gasteiger partial charge in [0.15, 0.2) is 0 Å². The van der Waals surface area contributed by atoms with Gasteiger partial charge in [0.05, 0.1) is 13.2 Å². The first kappa shape index (κ1) is 19.1. The van der Waals surface area contributed by atoms with Gasteiger partial charge in [-0.1, -0.05) is 17.7 Å². The van der Waals surface area contributed by atoms with Crippen LogP contribution in [0.2, 0.25) is 5.02 Å². The molecule has 6 nitrogen and oxygen atoms in total. The van der Waals surface area contributed by atoms with E-state index in [4.69, 9.17) is 21.1 Å². The van der Waals surface area contributed by atoms with Gasteiger partial charge in [0.2, 0.25) is 10.0 Å². The average molecular weight is 397 g/mol.